The van der Waals surface area contributed by atoms with Gasteiger partial charge in [0.2, 0.25) is 11.6 Å². The van der Waals surface area contributed by atoms with Gasteiger partial charge in [-0.3, -0.25) is 0 Å². The molecule has 1 fully saturated rings. The van der Waals surface area contributed by atoms with E-state index in [1.165, 1.54) is 4.90 Å². The smallest absolute Gasteiger partial charge is 0.253 e. The Balaban J connectivity index is 1.87. The Labute approximate surface area is 141 Å². The Kier molecular flexibility index (Phi) is 4.70. The van der Waals surface area contributed by atoms with Crippen LogP contribution in [0.1, 0.15) is 12.0 Å². The fourth-order valence-electron chi connectivity index (χ4n) is 2.84. The number of hydrogen-bond donors (Lipinski definition) is 0. The molecule has 0 atom stereocenters. The van der Waals surface area contributed by atoms with Gasteiger partial charge in [0.05, 0.1) is 5.56 Å². The maximum absolute atomic E-state index is 13.9. The van der Waals surface area contributed by atoms with E-state index in [0.29, 0.717) is 24.3 Å². The highest BCUT2D eigenvalue weighted by molar-refractivity contribution is 5.55. The second-order valence-corrected chi connectivity index (χ2v) is 5.48. The first-order valence-electron chi connectivity index (χ1n) is 7.58. The molecule has 0 bridgehead atoms. The van der Waals surface area contributed by atoms with Gasteiger partial charge >= 0.3 is 0 Å². The molecule has 0 aromatic carbocycles. The summed E-state index contributed by atoms with van der Waals surface area (Å²) in [5, 5.41) is 9.17. The Morgan fingerprint density at radius 2 is 1.60 bits per heavy atom. The summed E-state index contributed by atoms with van der Waals surface area (Å²) in [5.41, 5.74) is -0.373. The molecule has 3 rings (SSSR count). The van der Waals surface area contributed by atoms with Crippen molar-refractivity contribution in [2.75, 3.05) is 36.0 Å². The number of aromatic nitrogens is 2. The van der Waals surface area contributed by atoms with E-state index in [1.54, 1.807) is 18.3 Å². The number of hydrogen-bond acceptors (Lipinski definition) is 5. The molecule has 2 aromatic heterocycles. The first-order valence-corrected chi connectivity index (χ1v) is 7.58. The van der Waals surface area contributed by atoms with Crippen LogP contribution in [0.4, 0.5) is 29.1 Å². The third kappa shape index (κ3) is 3.20. The minimum absolute atomic E-state index is 0.109. The quantitative estimate of drug-likeness (QED) is 0.615. The van der Waals surface area contributed by atoms with Gasteiger partial charge in [0.15, 0.2) is 0 Å². The molecular formula is C16H13F4N5. The molecule has 0 radical (unpaired) electrons. The number of rotatable bonds is 2. The maximum Gasteiger partial charge on any atom is 0.253 e. The van der Waals surface area contributed by atoms with Gasteiger partial charge in [-0.1, -0.05) is 0 Å². The summed E-state index contributed by atoms with van der Waals surface area (Å²) in [6.07, 6.45) is 2.01. The lowest BCUT2D eigenvalue weighted by molar-refractivity contribution is 0.406. The molecule has 25 heavy (non-hydrogen) atoms. The number of anilines is 2. The summed E-state index contributed by atoms with van der Waals surface area (Å²) in [6.45, 7) is 1.08. The molecule has 130 valence electrons. The van der Waals surface area contributed by atoms with Crippen molar-refractivity contribution in [3.8, 4) is 6.07 Å². The Morgan fingerprint density at radius 1 is 0.960 bits per heavy atom. The number of nitrogens with zero attached hydrogens (tertiary/aromatic N) is 5. The lowest BCUT2D eigenvalue weighted by atomic mass is 10.2. The van der Waals surface area contributed by atoms with Crippen LogP contribution in [-0.4, -0.2) is 36.1 Å². The van der Waals surface area contributed by atoms with Crippen molar-refractivity contribution in [1.82, 2.24) is 9.97 Å². The van der Waals surface area contributed by atoms with E-state index < -0.39 is 29.2 Å². The zero-order chi connectivity index (χ0) is 18.0. The van der Waals surface area contributed by atoms with Crippen LogP contribution in [0.2, 0.25) is 0 Å². The van der Waals surface area contributed by atoms with Crippen LogP contribution < -0.4 is 9.80 Å². The SMILES string of the molecule is N#Cc1cccnc1N1CCCN(c2c(F)c(F)nc(F)c2F)CC1. The monoisotopic (exact) mass is 351 g/mol. The molecule has 9 heteroatoms. The number of nitriles is 1. The van der Waals surface area contributed by atoms with Crippen molar-refractivity contribution >= 4 is 11.5 Å². The molecule has 1 aliphatic rings. The molecular weight excluding hydrogens is 338 g/mol. The number of halogens is 4. The summed E-state index contributed by atoms with van der Waals surface area (Å²) in [7, 11) is 0. The van der Waals surface area contributed by atoms with Crippen LogP contribution in [0.15, 0.2) is 18.3 Å². The first kappa shape index (κ1) is 17.0. The topological polar surface area (TPSA) is 56.1 Å². The molecule has 1 aliphatic heterocycles. The van der Waals surface area contributed by atoms with Crippen LogP contribution in [0.25, 0.3) is 0 Å². The van der Waals surface area contributed by atoms with Gasteiger partial charge in [0, 0.05) is 32.4 Å². The van der Waals surface area contributed by atoms with Gasteiger partial charge in [-0.15, -0.1) is 0 Å². The van der Waals surface area contributed by atoms with Crippen molar-refractivity contribution in [1.29, 1.82) is 5.26 Å². The van der Waals surface area contributed by atoms with Crippen LogP contribution in [0.3, 0.4) is 0 Å². The summed E-state index contributed by atoms with van der Waals surface area (Å²) < 4.78 is 54.6. The highest BCUT2D eigenvalue weighted by Gasteiger charge is 2.27. The minimum Gasteiger partial charge on any atom is -0.365 e. The van der Waals surface area contributed by atoms with Crippen LogP contribution in [-0.2, 0) is 0 Å². The summed E-state index contributed by atoms with van der Waals surface area (Å²) in [4.78, 5) is 9.80. The summed E-state index contributed by atoms with van der Waals surface area (Å²) >= 11 is 0. The van der Waals surface area contributed by atoms with Gasteiger partial charge in [0.1, 0.15) is 17.6 Å². The van der Waals surface area contributed by atoms with Crippen molar-refractivity contribution < 1.29 is 17.6 Å². The van der Waals surface area contributed by atoms with E-state index in [0.717, 1.165) is 0 Å². The number of pyridine rings is 2. The summed E-state index contributed by atoms with van der Waals surface area (Å²) in [6, 6.07) is 5.31. The molecule has 1 saturated heterocycles. The summed E-state index contributed by atoms with van der Waals surface area (Å²) in [5.74, 6) is -5.90. The zero-order valence-electron chi connectivity index (χ0n) is 13.0. The Bertz CT molecular complexity index is 810. The van der Waals surface area contributed by atoms with Gasteiger partial charge < -0.3 is 9.80 Å². The van der Waals surface area contributed by atoms with Crippen molar-refractivity contribution in [3.05, 3.63) is 47.4 Å². The minimum atomic E-state index is -1.67. The van der Waals surface area contributed by atoms with E-state index in [4.69, 9.17) is 5.26 Å². The highest BCUT2D eigenvalue weighted by Crippen LogP contribution is 2.28. The van der Waals surface area contributed by atoms with E-state index in [9.17, 15) is 17.6 Å². The molecule has 0 unspecified atom stereocenters. The molecule has 5 nitrogen and oxygen atoms in total. The molecule has 0 spiro atoms. The second kappa shape index (κ2) is 6.93. The third-order valence-corrected chi connectivity index (χ3v) is 3.99. The van der Waals surface area contributed by atoms with Crippen LogP contribution in [0, 0.1) is 34.9 Å². The van der Waals surface area contributed by atoms with Gasteiger partial charge in [0.25, 0.3) is 11.9 Å². The molecule has 2 aromatic rings. The molecule has 0 amide bonds. The average molecular weight is 351 g/mol. The lowest BCUT2D eigenvalue weighted by Crippen LogP contribution is -2.33. The molecule has 0 saturated carbocycles. The highest BCUT2D eigenvalue weighted by atomic mass is 19.2. The van der Waals surface area contributed by atoms with Crippen molar-refractivity contribution in [2.24, 2.45) is 0 Å². The average Bonchev–Trinajstić information content (AvgIpc) is 2.86. The van der Waals surface area contributed by atoms with E-state index in [1.807, 2.05) is 11.0 Å². The Morgan fingerprint density at radius 3 is 2.28 bits per heavy atom. The third-order valence-electron chi connectivity index (χ3n) is 3.99. The van der Waals surface area contributed by atoms with Gasteiger partial charge in [-0.2, -0.15) is 27.8 Å². The van der Waals surface area contributed by atoms with Crippen LogP contribution >= 0.6 is 0 Å². The van der Waals surface area contributed by atoms with E-state index >= 15 is 0 Å². The van der Waals surface area contributed by atoms with Crippen molar-refractivity contribution in [3.63, 3.8) is 0 Å². The predicted molar refractivity (Wildman–Crippen MR) is 82.1 cm³/mol. The van der Waals surface area contributed by atoms with Crippen LogP contribution in [0.5, 0.6) is 0 Å². The van der Waals surface area contributed by atoms with Gasteiger partial charge in [-0.05, 0) is 18.6 Å². The zero-order valence-corrected chi connectivity index (χ0v) is 13.0. The predicted octanol–water partition coefficient (Wildman–Crippen LogP) is 2.62. The fourth-order valence-corrected chi connectivity index (χ4v) is 2.84. The second-order valence-electron chi connectivity index (χ2n) is 5.48. The van der Waals surface area contributed by atoms with E-state index in [2.05, 4.69) is 9.97 Å². The fraction of sp³-hybridized carbons (Fsp3) is 0.312. The lowest BCUT2D eigenvalue weighted by Gasteiger charge is -2.25. The van der Waals surface area contributed by atoms with E-state index in [-0.39, 0.29) is 19.6 Å². The van der Waals surface area contributed by atoms with Crippen molar-refractivity contribution in [2.45, 2.75) is 6.42 Å². The largest absolute Gasteiger partial charge is 0.365 e. The van der Waals surface area contributed by atoms with Gasteiger partial charge in [-0.25, -0.2) is 4.98 Å². The Hall–Kier alpha value is -2.89. The molecule has 0 aliphatic carbocycles. The molecule has 0 N–H and O–H groups in total. The first-order chi connectivity index (χ1) is 12.0. The molecule has 3 heterocycles. The standard InChI is InChI=1S/C16H13F4N5/c17-11-13(12(18)15(20)23-14(11)19)24-5-2-6-25(8-7-24)16-10(9-21)3-1-4-22-16/h1,3-4H,2,5-8H2. The maximum atomic E-state index is 13.9. The normalized spacial score (nSPS) is 15.0.